The Kier molecular flexibility index (Phi) is 0.872. The third-order valence-electron chi connectivity index (χ3n) is 0. The van der Waals surface area contributed by atoms with Crippen molar-refractivity contribution in [2.75, 3.05) is 0 Å². The van der Waals surface area contributed by atoms with Gasteiger partial charge in [-0.3, -0.25) is 0 Å². The Labute approximate surface area is 39.3 Å². The maximum atomic E-state index is 8.88. The minimum absolute atomic E-state index is 6.97. The van der Waals surface area contributed by atoms with Gasteiger partial charge in [-0.15, -0.1) is 0 Å². The predicted octanol–water partition coefficient (Wildman–Crippen LogP) is -8.87. The van der Waals surface area contributed by atoms with Crippen LogP contribution in [0, 0.1) is 0 Å². The molecule has 0 saturated heterocycles. The number of hydrogen-bond donors (Lipinski definition) is 2. The summed E-state index contributed by atoms with van der Waals surface area (Å²) < 4.78 is 49.5. The van der Waals surface area contributed by atoms with Crippen LogP contribution in [0.3, 0.4) is 0 Å². The molecule has 0 aromatic heterocycles. The molecular formula is H2IO6-3. The third-order valence-corrected chi connectivity index (χ3v) is 0. The number of halogens is 1. The van der Waals surface area contributed by atoms with Crippen LogP contribution in [0.25, 0.3) is 0 Å². The average Bonchev–Trinajstić information content (AvgIpc) is 0.592. The van der Waals surface area contributed by atoms with Crippen LogP contribution in [-0.4, -0.2) is 6.87 Å². The average molecular weight is 225 g/mol. The van der Waals surface area contributed by atoms with Crippen molar-refractivity contribution in [2.24, 2.45) is 0 Å². The molecule has 7 heteroatoms. The van der Waals surface area contributed by atoms with E-state index >= 15 is 0 Å². The molecule has 2 N–H and O–H groups in total. The van der Waals surface area contributed by atoms with Gasteiger partial charge in [0.1, 0.15) is 0 Å². The second-order valence-corrected chi connectivity index (χ2v) is 6.75. The normalized spacial score (nSPS) is 23.1. The van der Waals surface area contributed by atoms with Crippen molar-refractivity contribution in [2.45, 2.75) is 0 Å². The molecule has 0 rings (SSSR count). The van der Waals surface area contributed by atoms with Gasteiger partial charge in [-0.25, -0.2) is 0 Å². The Morgan fingerprint density at radius 2 is 0.857 bits per heavy atom. The van der Waals surface area contributed by atoms with Gasteiger partial charge >= 0.3 is 38.8 Å². The standard InChI is InChI=1S/H2IO6/c2-1(3,4,5,6)7/h2-3H/q-3. The first-order valence-electron chi connectivity index (χ1n) is 0.955. The van der Waals surface area contributed by atoms with Crippen molar-refractivity contribution in [1.82, 2.24) is 0 Å². The zero-order valence-electron chi connectivity index (χ0n) is 2.91. The topological polar surface area (TPSA) is 133 Å². The Morgan fingerprint density at radius 3 is 0.857 bits per heavy atom. The van der Waals surface area contributed by atoms with Gasteiger partial charge in [0.05, 0.1) is 0 Å². The van der Waals surface area contributed by atoms with Crippen LogP contribution in [0.5, 0.6) is 0 Å². The molecule has 0 aliphatic carbocycles. The molecule has 0 radical (unpaired) electrons. The second-order valence-electron chi connectivity index (χ2n) is 1.01. The summed E-state index contributed by atoms with van der Waals surface area (Å²) >= 11 is -9.12. The van der Waals surface area contributed by atoms with Crippen LogP contribution in [0.4, 0.5) is 0 Å². The summed E-state index contributed by atoms with van der Waals surface area (Å²) in [5.41, 5.74) is 0. The van der Waals surface area contributed by atoms with Gasteiger partial charge in [-0.05, 0) is 0 Å². The van der Waals surface area contributed by atoms with Crippen molar-refractivity contribution in [3.63, 3.8) is 0 Å². The van der Waals surface area contributed by atoms with Crippen molar-refractivity contribution < 1.29 is 38.8 Å². The van der Waals surface area contributed by atoms with E-state index in [4.69, 9.17) is 20.6 Å². The molecule has 0 aromatic rings. The molecule has 0 heterocycles. The van der Waals surface area contributed by atoms with Gasteiger partial charge < -0.3 is 0 Å². The van der Waals surface area contributed by atoms with Crippen LogP contribution < -0.4 is 31.9 Å². The molecule has 0 fully saturated rings. The fraction of sp³-hybridized carbons (Fsp3) is 0. The quantitative estimate of drug-likeness (QED) is 0.393. The van der Waals surface area contributed by atoms with E-state index < -0.39 is 18.2 Å². The summed E-state index contributed by atoms with van der Waals surface area (Å²) in [6.07, 6.45) is 0. The van der Waals surface area contributed by atoms with Crippen LogP contribution >= 0.6 is 0 Å². The maximum absolute atomic E-state index is 9.12. The van der Waals surface area contributed by atoms with E-state index in [9.17, 15) is 0 Å². The summed E-state index contributed by atoms with van der Waals surface area (Å²) in [7, 11) is 0. The summed E-state index contributed by atoms with van der Waals surface area (Å²) in [6.45, 7) is 0. The van der Waals surface area contributed by atoms with Gasteiger partial charge in [-0.1, -0.05) is 0 Å². The molecule has 7 heavy (non-hydrogen) atoms. The van der Waals surface area contributed by atoms with E-state index in [1.165, 1.54) is 0 Å². The Hall–Kier alpha value is 0.490. The molecule has 0 bridgehead atoms. The molecule has 0 aromatic carbocycles. The molecule has 0 unspecified atom stereocenters. The molecule has 6 nitrogen and oxygen atoms in total. The van der Waals surface area contributed by atoms with Crippen molar-refractivity contribution in [3.05, 3.63) is 0 Å². The molecule has 0 atom stereocenters. The summed E-state index contributed by atoms with van der Waals surface area (Å²) in [6, 6.07) is 0. The minimum atomic E-state index is -9.12. The van der Waals surface area contributed by atoms with Gasteiger partial charge in [0.25, 0.3) is 0 Å². The van der Waals surface area contributed by atoms with E-state index in [2.05, 4.69) is 0 Å². The monoisotopic (exact) mass is 225 g/mol. The first kappa shape index (κ1) is 7.49. The first-order valence-corrected chi connectivity index (χ1v) is 6.41. The molecule has 0 aliphatic rings. The fourth-order valence-corrected chi connectivity index (χ4v) is 0. The fourth-order valence-electron chi connectivity index (χ4n) is 0. The van der Waals surface area contributed by atoms with Crippen molar-refractivity contribution in [3.8, 4) is 0 Å². The van der Waals surface area contributed by atoms with Gasteiger partial charge in [0, 0.05) is 0 Å². The molecular weight excluding hydrogens is 223 g/mol. The van der Waals surface area contributed by atoms with Gasteiger partial charge in [0.15, 0.2) is 0 Å². The third kappa shape index (κ3) is 545. The predicted molar refractivity (Wildman–Crippen MR) is 4.44 cm³/mol. The van der Waals surface area contributed by atoms with E-state index in [-0.39, 0.29) is 0 Å². The summed E-state index contributed by atoms with van der Waals surface area (Å²) in [5, 5.41) is 0. The molecule has 0 aliphatic heterocycles. The van der Waals surface area contributed by atoms with E-state index in [0.717, 1.165) is 0 Å². The van der Waals surface area contributed by atoms with Crippen LogP contribution in [0.15, 0.2) is 0 Å². The van der Waals surface area contributed by atoms with Gasteiger partial charge in [-0.2, -0.15) is 0 Å². The Morgan fingerprint density at radius 1 is 0.857 bits per heavy atom. The molecule has 0 spiro atoms. The van der Waals surface area contributed by atoms with Crippen LogP contribution in [0.2, 0.25) is 0 Å². The Balaban J connectivity index is 4.43. The van der Waals surface area contributed by atoms with Crippen LogP contribution in [0.1, 0.15) is 0 Å². The van der Waals surface area contributed by atoms with Crippen molar-refractivity contribution in [1.29, 1.82) is 0 Å². The van der Waals surface area contributed by atoms with Gasteiger partial charge in [0.2, 0.25) is 0 Å². The molecule has 0 saturated carbocycles. The number of hydrogen-bond acceptors (Lipinski definition) is 6. The van der Waals surface area contributed by atoms with Crippen LogP contribution in [-0.2, 0) is 0 Å². The first-order chi connectivity index (χ1) is 2.45. The summed E-state index contributed by atoms with van der Waals surface area (Å²) in [4.78, 5) is 0. The van der Waals surface area contributed by atoms with Crippen molar-refractivity contribution >= 4 is 0 Å². The zero-order valence-corrected chi connectivity index (χ0v) is 5.06. The summed E-state index contributed by atoms with van der Waals surface area (Å²) in [5.74, 6) is 0. The SMILES string of the molecule is [O-][I+]([O-])([O-])([O-])(O)O. The van der Waals surface area contributed by atoms with E-state index in [1.54, 1.807) is 0 Å². The van der Waals surface area contributed by atoms with E-state index in [1.807, 2.05) is 0 Å². The van der Waals surface area contributed by atoms with E-state index in [0.29, 0.717) is 0 Å². The number of rotatable bonds is 0. The Bertz CT molecular complexity index is 62.7. The second kappa shape index (κ2) is 0.815. The zero-order chi connectivity index (χ0) is 6.41. The molecule has 48 valence electrons. The molecule has 0 amide bonds.